The third-order valence-electron chi connectivity index (χ3n) is 3.90. The molecule has 0 bridgehead atoms. The van der Waals surface area contributed by atoms with Crippen molar-refractivity contribution in [2.75, 3.05) is 13.7 Å². The predicted octanol–water partition coefficient (Wildman–Crippen LogP) is -0.452. The first-order valence-electron chi connectivity index (χ1n) is 8.47. The summed E-state index contributed by atoms with van der Waals surface area (Å²) in [7, 11) is 1.39. The van der Waals surface area contributed by atoms with Crippen LogP contribution in [0.4, 0.5) is 0 Å². The summed E-state index contributed by atoms with van der Waals surface area (Å²) in [4.78, 5) is 59.1. The Labute approximate surface area is 162 Å². The van der Waals surface area contributed by atoms with Crippen LogP contribution in [0.15, 0.2) is 0 Å². The number of hydrogen-bond donors (Lipinski definition) is 0. The molecule has 1 aliphatic heterocycles. The molecule has 0 radical (unpaired) electrons. The van der Waals surface area contributed by atoms with Crippen molar-refractivity contribution in [3.63, 3.8) is 0 Å². The van der Waals surface area contributed by atoms with Crippen LogP contribution in [0, 0.1) is 0 Å². The molecule has 0 aromatic heterocycles. The fourth-order valence-corrected chi connectivity index (χ4v) is 2.76. The second-order valence-electron chi connectivity index (χ2n) is 6.22. The SMILES string of the molecule is CC(=O)OC[C@@H]1O[C@H](OC(C)=O)[C@H](N(C)C(C)=O)[C@@H](OC(C)=O)[C@@H]1OC(C)=O. The third kappa shape index (κ3) is 6.48. The van der Waals surface area contributed by atoms with E-state index in [4.69, 9.17) is 23.7 Å². The summed E-state index contributed by atoms with van der Waals surface area (Å²) in [5.74, 6) is -3.22. The Bertz CT molecular complexity index is 633. The van der Waals surface area contributed by atoms with Gasteiger partial charge in [-0.05, 0) is 0 Å². The summed E-state index contributed by atoms with van der Waals surface area (Å²) in [6.07, 6.45) is -4.94. The zero-order chi connectivity index (χ0) is 21.6. The summed E-state index contributed by atoms with van der Waals surface area (Å²) in [5, 5.41) is 0. The van der Waals surface area contributed by atoms with Crippen LogP contribution in [0.25, 0.3) is 0 Å². The highest BCUT2D eigenvalue weighted by Gasteiger charge is 2.53. The van der Waals surface area contributed by atoms with Gasteiger partial charge < -0.3 is 28.6 Å². The number of rotatable bonds is 6. The average Bonchev–Trinajstić information content (AvgIpc) is 2.53. The Morgan fingerprint density at radius 2 is 1.29 bits per heavy atom. The number of hydrogen-bond acceptors (Lipinski definition) is 10. The van der Waals surface area contributed by atoms with Gasteiger partial charge in [0, 0.05) is 41.7 Å². The quantitative estimate of drug-likeness (QED) is 0.424. The molecule has 5 atom stereocenters. The lowest BCUT2D eigenvalue weighted by Gasteiger charge is -2.47. The molecular formula is C17H25NO10. The summed E-state index contributed by atoms with van der Waals surface area (Å²) >= 11 is 0. The van der Waals surface area contributed by atoms with Crippen LogP contribution in [-0.4, -0.2) is 79.0 Å². The molecule has 1 saturated heterocycles. The van der Waals surface area contributed by atoms with Crippen LogP contribution >= 0.6 is 0 Å². The molecule has 11 heteroatoms. The Morgan fingerprint density at radius 1 is 0.786 bits per heavy atom. The van der Waals surface area contributed by atoms with Crippen LogP contribution in [0.5, 0.6) is 0 Å². The van der Waals surface area contributed by atoms with E-state index in [0.717, 1.165) is 25.7 Å². The van der Waals surface area contributed by atoms with Crippen LogP contribution in [0.2, 0.25) is 0 Å². The zero-order valence-corrected chi connectivity index (χ0v) is 16.6. The molecule has 0 aliphatic carbocycles. The standard InChI is InChI=1S/C17H25NO10/c1-8(19)18(6)14-16(26-11(4)22)15(25-10(3)21)13(7-24-9(2)20)28-17(14)27-12(5)23/h13-17H,7H2,1-6H3/t13-,14+,15+,16+,17-/m0/s1. The maximum atomic E-state index is 11.9. The van der Waals surface area contributed by atoms with Gasteiger partial charge in [-0.25, -0.2) is 0 Å². The number of amides is 1. The van der Waals surface area contributed by atoms with Crippen LogP contribution in [0.3, 0.4) is 0 Å². The largest absolute Gasteiger partial charge is 0.463 e. The minimum Gasteiger partial charge on any atom is -0.463 e. The van der Waals surface area contributed by atoms with E-state index < -0.39 is 60.4 Å². The van der Waals surface area contributed by atoms with E-state index in [0.29, 0.717) is 0 Å². The molecule has 1 fully saturated rings. The third-order valence-corrected chi connectivity index (χ3v) is 3.90. The maximum Gasteiger partial charge on any atom is 0.305 e. The number of carbonyl (C=O) groups excluding carboxylic acids is 5. The highest BCUT2D eigenvalue weighted by molar-refractivity contribution is 5.74. The lowest BCUT2D eigenvalue weighted by molar-refractivity contribution is -0.282. The van der Waals surface area contributed by atoms with Gasteiger partial charge in [-0.3, -0.25) is 24.0 Å². The molecule has 1 amide bonds. The molecule has 0 aromatic rings. The predicted molar refractivity (Wildman–Crippen MR) is 90.4 cm³/mol. The molecule has 1 rings (SSSR count). The van der Waals surface area contributed by atoms with E-state index in [9.17, 15) is 24.0 Å². The summed E-state index contributed by atoms with van der Waals surface area (Å²) in [6.45, 7) is 5.46. The minimum atomic E-state index is -1.36. The number of carbonyl (C=O) groups is 5. The van der Waals surface area contributed by atoms with Crippen LogP contribution < -0.4 is 0 Å². The highest BCUT2D eigenvalue weighted by Crippen LogP contribution is 2.30. The summed E-state index contributed by atoms with van der Waals surface area (Å²) in [5.41, 5.74) is 0. The molecule has 158 valence electrons. The second-order valence-corrected chi connectivity index (χ2v) is 6.22. The van der Waals surface area contributed by atoms with Gasteiger partial charge in [0.15, 0.2) is 12.2 Å². The molecule has 1 heterocycles. The van der Waals surface area contributed by atoms with Gasteiger partial charge in [0.2, 0.25) is 12.2 Å². The monoisotopic (exact) mass is 403 g/mol. The van der Waals surface area contributed by atoms with Gasteiger partial charge >= 0.3 is 23.9 Å². The fraction of sp³-hybridized carbons (Fsp3) is 0.706. The second kappa shape index (κ2) is 10.0. The Hall–Kier alpha value is -2.69. The Kier molecular flexibility index (Phi) is 8.35. The molecule has 0 spiro atoms. The lowest BCUT2D eigenvalue weighted by Crippen LogP contribution is -2.66. The number of likely N-dealkylation sites (N-methyl/N-ethyl adjacent to an activating group) is 1. The molecule has 28 heavy (non-hydrogen) atoms. The van der Waals surface area contributed by atoms with Crippen molar-refractivity contribution in [2.24, 2.45) is 0 Å². The molecule has 0 saturated carbocycles. The summed E-state index contributed by atoms with van der Waals surface area (Å²) in [6, 6.07) is -1.11. The Balaban J connectivity index is 3.39. The molecule has 0 N–H and O–H groups in total. The summed E-state index contributed by atoms with van der Waals surface area (Å²) < 4.78 is 26.3. The number of esters is 4. The van der Waals surface area contributed by atoms with E-state index >= 15 is 0 Å². The van der Waals surface area contributed by atoms with E-state index in [2.05, 4.69) is 0 Å². The van der Waals surface area contributed by atoms with Crippen molar-refractivity contribution in [1.29, 1.82) is 0 Å². The van der Waals surface area contributed by atoms with E-state index in [-0.39, 0.29) is 6.61 Å². The highest BCUT2D eigenvalue weighted by atomic mass is 16.7. The number of ether oxygens (including phenoxy) is 5. The van der Waals surface area contributed by atoms with Crippen LogP contribution in [-0.2, 0) is 47.7 Å². The van der Waals surface area contributed by atoms with Crippen molar-refractivity contribution in [1.82, 2.24) is 4.90 Å². The molecule has 1 aliphatic rings. The van der Waals surface area contributed by atoms with Crippen molar-refractivity contribution in [2.45, 2.75) is 65.3 Å². The minimum absolute atomic E-state index is 0.362. The van der Waals surface area contributed by atoms with Gasteiger partial charge in [-0.15, -0.1) is 0 Å². The maximum absolute atomic E-state index is 11.9. The van der Waals surface area contributed by atoms with Crippen LogP contribution in [0.1, 0.15) is 34.6 Å². The van der Waals surface area contributed by atoms with Crippen molar-refractivity contribution in [3.05, 3.63) is 0 Å². The van der Waals surface area contributed by atoms with Gasteiger partial charge in [0.25, 0.3) is 0 Å². The van der Waals surface area contributed by atoms with Gasteiger partial charge in [0.05, 0.1) is 0 Å². The van der Waals surface area contributed by atoms with E-state index in [1.54, 1.807) is 0 Å². The van der Waals surface area contributed by atoms with Gasteiger partial charge in [-0.2, -0.15) is 0 Å². The van der Waals surface area contributed by atoms with Crippen molar-refractivity contribution < 1.29 is 47.7 Å². The molecular weight excluding hydrogens is 378 g/mol. The normalized spacial score (nSPS) is 26.6. The first-order chi connectivity index (χ1) is 12.9. The topological polar surface area (TPSA) is 135 Å². The molecule has 11 nitrogen and oxygen atoms in total. The first-order valence-corrected chi connectivity index (χ1v) is 8.47. The smallest absolute Gasteiger partial charge is 0.305 e. The van der Waals surface area contributed by atoms with Gasteiger partial charge in [-0.1, -0.05) is 0 Å². The van der Waals surface area contributed by atoms with E-state index in [1.807, 2.05) is 0 Å². The number of nitrogens with zero attached hydrogens (tertiary/aromatic N) is 1. The Morgan fingerprint density at radius 3 is 1.71 bits per heavy atom. The molecule has 0 unspecified atom stereocenters. The fourth-order valence-electron chi connectivity index (χ4n) is 2.76. The lowest BCUT2D eigenvalue weighted by atomic mass is 9.95. The first kappa shape index (κ1) is 23.3. The zero-order valence-electron chi connectivity index (χ0n) is 16.6. The van der Waals surface area contributed by atoms with Gasteiger partial charge in [0.1, 0.15) is 18.8 Å². The molecule has 0 aromatic carbocycles. The van der Waals surface area contributed by atoms with Crippen molar-refractivity contribution in [3.8, 4) is 0 Å². The van der Waals surface area contributed by atoms with E-state index in [1.165, 1.54) is 20.9 Å². The average molecular weight is 403 g/mol. The van der Waals surface area contributed by atoms with Crippen molar-refractivity contribution >= 4 is 29.8 Å².